The summed E-state index contributed by atoms with van der Waals surface area (Å²) in [4.78, 5) is 10.2. The molecule has 2 fully saturated rings. The average molecular weight is 250 g/mol. The minimum absolute atomic E-state index is 0.238. The van der Waals surface area contributed by atoms with Crippen LogP contribution in [-0.2, 0) is 6.42 Å². The molecule has 4 nitrogen and oxygen atoms in total. The number of anilines is 1. The Morgan fingerprint density at radius 3 is 3.00 bits per heavy atom. The van der Waals surface area contributed by atoms with Crippen LogP contribution in [0.2, 0.25) is 0 Å². The van der Waals surface area contributed by atoms with E-state index in [9.17, 15) is 4.39 Å². The number of nitrogens with one attached hydrogen (secondary N) is 1. The Morgan fingerprint density at radius 2 is 2.17 bits per heavy atom. The van der Waals surface area contributed by atoms with Gasteiger partial charge < -0.3 is 10.2 Å². The largest absolute Gasteiger partial charge is 0.352 e. The van der Waals surface area contributed by atoms with Crippen molar-refractivity contribution in [3.8, 4) is 0 Å². The molecule has 0 radical (unpaired) electrons. The molecular formula is C13H19FN4. The molecule has 0 aromatic carbocycles. The minimum atomic E-state index is -0.238. The first-order valence-electron chi connectivity index (χ1n) is 6.78. The number of aromatic nitrogens is 2. The Balaban J connectivity index is 1.86. The van der Waals surface area contributed by atoms with E-state index in [1.807, 2.05) is 6.92 Å². The van der Waals surface area contributed by atoms with Crippen LogP contribution in [0, 0.1) is 5.82 Å². The van der Waals surface area contributed by atoms with Gasteiger partial charge in [0, 0.05) is 25.2 Å². The molecule has 1 N–H and O–H groups in total. The molecule has 0 spiro atoms. The van der Waals surface area contributed by atoms with Gasteiger partial charge in [-0.05, 0) is 25.7 Å². The lowest BCUT2D eigenvalue weighted by Crippen LogP contribution is -2.36. The summed E-state index contributed by atoms with van der Waals surface area (Å²) in [5, 5.41) is 3.59. The van der Waals surface area contributed by atoms with Crippen molar-refractivity contribution in [3.63, 3.8) is 0 Å². The summed E-state index contributed by atoms with van der Waals surface area (Å²) in [6, 6.07) is 1.09. The number of fused-ring (bicyclic) bond motifs is 2. The number of rotatable bonds is 2. The summed E-state index contributed by atoms with van der Waals surface area (Å²) in [7, 11) is 0. The molecule has 3 heterocycles. The van der Waals surface area contributed by atoms with E-state index in [0.717, 1.165) is 19.5 Å². The zero-order valence-electron chi connectivity index (χ0n) is 10.7. The topological polar surface area (TPSA) is 41.1 Å². The van der Waals surface area contributed by atoms with Gasteiger partial charge in [-0.2, -0.15) is 0 Å². The minimum Gasteiger partial charge on any atom is -0.352 e. The van der Waals surface area contributed by atoms with Crippen LogP contribution >= 0.6 is 0 Å². The van der Waals surface area contributed by atoms with Gasteiger partial charge in [-0.25, -0.2) is 14.4 Å². The summed E-state index contributed by atoms with van der Waals surface area (Å²) in [6.45, 7) is 3.65. The molecule has 2 unspecified atom stereocenters. The summed E-state index contributed by atoms with van der Waals surface area (Å²) < 4.78 is 14.2. The molecule has 18 heavy (non-hydrogen) atoms. The number of halogens is 1. The highest BCUT2D eigenvalue weighted by Crippen LogP contribution is 2.25. The van der Waals surface area contributed by atoms with E-state index < -0.39 is 0 Å². The van der Waals surface area contributed by atoms with Gasteiger partial charge >= 0.3 is 0 Å². The Bertz CT molecular complexity index is 437. The molecule has 98 valence electrons. The summed E-state index contributed by atoms with van der Waals surface area (Å²) >= 11 is 0. The molecule has 1 aromatic heterocycles. The van der Waals surface area contributed by atoms with Crippen molar-refractivity contribution in [3.05, 3.63) is 17.8 Å². The highest BCUT2D eigenvalue weighted by molar-refractivity contribution is 5.41. The fourth-order valence-electron chi connectivity index (χ4n) is 3.00. The predicted octanol–water partition coefficient (Wildman–Crippen LogP) is 1.51. The summed E-state index contributed by atoms with van der Waals surface area (Å²) in [5.41, 5.74) is 0.516. The van der Waals surface area contributed by atoms with Crippen molar-refractivity contribution < 1.29 is 4.39 Å². The van der Waals surface area contributed by atoms with Gasteiger partial charge in [-0.15, -0.1) is 0 Å². The summed E-state index contributed by atoms with van der Waals surface area (Å²) in [5.74, 6) is 0.244. The van der Waals surface area contributed by atoms with Crippen LogP contribution in [0.4, 0.5) is 10.2 Å². The molecule has 1 aromatic rings. The predicted molar refractivity (Wildman–Crippen MR) is 68.1 cm³/mol. The van der Waals surface area contributed by atoms with Crippen LogP contribution < -0.4 is 10.2 Å². The van der Waals surface area contributed by atoms with Gasteiger partial charge in [0.05, 0.1) is 5.69 Å². The molecular weight excluding hydrogens is 231 g/mol. The second-order valence-electron chi connectivity index (χ2n) is 5.18. The third-order valence-corrected chi connectivity index (χ3v) is 4.00. The van der Waals surface area contributed by atoms with E-state index in [1.165, 1.54) is 19.2 Å². The molecule has 0 aliphatic carbocycles. The lowest BCUT2D eigenvalue weighted by molar-refractivity contribution is 0.562. The third kappa shape index (κ3) is 2.07. The molecule has 0 saturated carbocycles. The SMILES string of the molecule is CCc1ncnc(N2CCC3CCC(C2)N3)c1F. The fourth-order valence-corrected chi connectivity index (χ4v) is 3.00. The highest BCUT2D eigenvalue weighted by atomic mass is 19.1. The molecule has 2 aliphatic heterocycles. The normalized spacial score (nSPS) is 27.3. The number of aryl methyl sites for hydroxylation is 1. The van der Waals surface area contributed by atoms with Crippen molar-refractivity contribution in [2.45, 2.75) is 44.7 Å². The van der Waals surface area contributed by atoms with Gasteiger partial charge in [0.1, 0.15) is 6.33 Å². The average Bonchev–Trinajstić information content (AvgIpc) is 2.70. The quantitative estimate of drug-likeness (QED) is 0.864. The lowest BCUT2D eigenvalue weighted by Gasteiger charge is -2.25. The Hall–Kier alpha value is -1.23. The number of nitrogens with zero attached hydrogens (tertiary/aromatic N) is 3. The molecule has 0 amide bonds. The Kier molecular flexibility index (Phi) is 3.16. The fraction of sp³-hybridized carbons (Fsp3) is 0.692. The molecule has 2 saturated heterocycles. The van der Waals surface area contributed by atoms with E-state index in [0.29, 0.717) is 30.0 Å². The Morgan fingerprint density at radius 1 is 1.33 bits per heavy atom. The first-order valence-corrected chi connectivity index (χ1v) is 6.78. The maximum atomic E-state index is 14.2. The van der Waals surface area contributed by atoms with Crippen molar-refractivity contribution in [1.82, 2.24) is 15.3 Å². The summed E-state index contributed by atoms with van der Waals surface area (Å²) in [6.07, 6.45) is 5.61. The van der Waals surface area contributed by atoms with Crippen LogP contribution in [0.25, 0.3) is 0 Å². The van der Waals surface area contributed by atoms with Gasteiger partial charge in [-0.1, -0.05) is 6.92 Å². The molecule has 3 rings (SSSR count). The van der Waals surface area contributed by atoms with Gasteiger partial charge in [0.15, 0.2) is 11.6 Å². The van der Waals surface area contributed by atoms with Crippen molar-refractivity contribution >= 4 is 5.82 Å². The van der Waals surface area contributed by atoms with Gasteiger partial charge in [-0.3, -0.25) is 0 Å². The molecule has 2 bridgehead atoms. The lowest BCUT2D eigenvalue weighted by atomic mass is 10.1. The zero-order valence-corrected chi connectivity index (χ0v) is 10.7. The van der Waals surface area contributed by atoms with Crippen LogP contribution in [0.5, 0.6) is 0 Å². The second kappa shape index (κ2) is 4.80. The monoisotopic (exact) mass is 250 g/mol. The van der Waals surface area contributed by atoms with E-state index in [4.69, 9.17) is 0 Å². The van der Waals surface area contributed by atoms with E-state index in [1.54, 1.807) is 0 Å². The first kappa shape index (κ1) is 11.8. The highest BCUT2D eigenvalue weighted by Gasteiger charge is 2.30. The van der Waals surface area contributed by atoms with Crippen molar-refractivity contribution in [1.29, 1.82) is 0 Å². The van der Waals surface area contributed by atoms with Crippen molar-refractivity contribution in [2.24, 2.45) is 0 Å². The zero-order chi connectivity index (χ0) is 12.5. The molecule has 2 atom stereocenters. The molecule has 2 aliphatic rings. The van der Waals surface area contributed by atoms with Crippen LogP contribution in [0.3, 0.4) is 0 Å². The van der Waals surface area contributed by atoms with Crippen LogP contribution in [0.15, 0.2) is 6.33 Å². The van der Waals surface area contributed by atoms with Crippen LogP contribution in [-0.4, -0.2) is 35.1 Å². The maximum absolute atomic E-state index is 14.2. The third-order valence-electron chi connectivity index (χ3n) is 4.00. The van der Waals surface area contributed by atoms with E-state index in [2.05, 4.69) is 20.2 Å². The second-order valence-corrected chi connectivity index (χ2v) is 5.18. The standard InChI is InChI=1S/C13H19FN4/c1-2-11-12(14)13(16-8-15-11)18-6-5-9-3-4-10(7-18)17-9/h8-10,17H,2-7H2,1H3. The van der Waals surface area contributed by atoms with Crippen LogP contribution in [0.1, 0.15) is 31.9 Å². The van der Waals surface area contributed by atoms with Gasteiger partial charge in [0.25, 0.3) is 0 Å². The smallest absolute Gasteiger partial charge is 0.187 e. The Labute approximate surface area is 107 Å². The van der Waals surface area contributed by atoms with E-state index >= 15 is 0 Å². The number of hydrogen-bond acceptors (Lipinski definition) is 4. The molecule has 5 heteroatoms. The van der Waals surface area contributed by atoms with E-state index in [-0.39, 0.29) is 5.82 Å². The number of hydrogen-bond donors (Lipinski definition) is 1. The van der Waals surface area contributed by atoms with Gasteiger partial charge in [0.2, 0.25) is 0 Å². The van der Waals surface area contributed by atoms with Crippen molar-refractivity contribution in [2.75, 3.05) is 18.0 Å². The maximum Gasteiger partial charge on any atom is 0.187 e. The first-order chi connectivity index (χ1) is 8.78.